The minimum absolute atomic E-state index is 0.0575. The van der Waals surface area contributed by atoms with Gasteiger partial charge < -0.3 is 4.90 Å². The zero-order valence-electron chi connectivity index (χ0n) is 11.2. The lowest BCUT2D eigenvalue weighted by Gasteiger charge is -2.29. The molecule has 1 aromatic rings. The van der Waals surface area contributed by atoms with Crippen molar-refractivity contribution in [2.24, 2.45) is 0 Å². The van der Waals surface area contributed by atoms with Crippen molar-refractivity contribution in [3.63, 3.8) is 0 Å². The fourth-order valence-electron chi connectivity index (χ4n) is 2.15. The van der Waals surface area contributed by atoms with Crippen LogP contribution >= 0.6 is 15.9 Å². The van der Waals surface area contributed by atoms with Crippen molar-refractivity contribution in [1.29, 1.82) is 0 Å². The van der Waals surface area contributed by atoms with Crippen LogP contribution < -0.4 is 4.72 Å². The van der Waals surface area contributed by atoms with E-state index in [4.69, 9.17) is 0 Å². The molecular formula is C13H17BrN2O3S. The molecule has 1 fully saturated rings. The van der Waals surface area contributed by atoms with E-state index in [2.05, 4.69) is 20.7 Å². The number of hydrogen-bond acceptors (Lipinski definition) is 3. The van der Waals surface area contributed by atoms with Crippen LogP contribution in [0.2, 0.25) is 0 Å². The summed E-state index contributed by atoms with van der Waals surface area (Å²) in [6, 6.07) is 6.52. The molecule has 1 aliphatic heterocycles. The first kappa shape index (κ1) is 15.5. The number of piperidine rings is 1. The van der Waals surface area contributed by atoms with Crippen LogP contribution in [-0.2, 0) is 20.1 Å². The van der Waals surface area contributed by atoms with Gasteiger partial charge in [-0.05, 0) is 24.1 Å². The molecule has 1 saturated heterocycles. The summed E-state index contributed by atoms with van der Waals surface area (Å²) < 4.78 is 27.2. The zero-order valence-corrected chi connectivity index (χ0v) is 13.6. The minimum atomic E-state index is -3.53. The maximum atomic E-state index is 12.3. The molecule has 1 atom stereocenters. The molecule has 1 amide bonds. The Morgan fingerprint density at radius 2 is 2.00 bits per heavy atom. The van der Waals surface area contributed by atoms with Crippen molar-refractivity contribution >= 4 is 31.9 Å². The van der Waals surface area contributed by atoms with Gasteiger partial charge in [0.1, 0.15) is 0 Å². The molecular weight excluding hydrogens is 344 g/mol. The van der Waals surface area contributed by atoms with Crippen LogP contribution in [0.1, 0.15) is 18.4 Å². The third-order valence-electron chi connectivity index (χ3n) is 3.34. The van der Waals surface area contributed by atoms with Gasteiger partial charge >= 0.3 is 0 Å². The molecule has 1 heterocycles. The Hall–Kier alpha value is -0.920. The highest BCUT2D eigenvalue weighted by atomic mass is 79.9. The summed E-state index contributed by atoms with van der Waals surface area (Å²) in [4.78, 5) is 13.2. The number of nitrogens with zero attached hydrogens (tertiary/aromatic N) is 1. The van der Waals surface area contributed by atoms with Gasteiger partial charge in [-0.15, -0.1) is 0 Å². The second kappa shape index (κ2) is 6.24. The number of alkyl halides is 1. The topological polar surface area (TPSA) is 66.5 Å². The number of likely N-dealkylation sites (tertiary alicyclic amines) is 1. The molecule has 0 spiro atoms. The highest BCUT2D eigenvalue weighted by Crippen LogP contribution is 2.16. The summed E-state index contributed by atoms with van der Waals surface area (Å²) in [6.45, 7) is 0.414. The second-order valence-electron chi connectivity index (χ2n) is 4.91. The van der Waals surface area contributed by atoms with Gasteiger partial charge in [0.05, 0.1) is 4.90 Å². The Bertz CT molecular complexity index is 586. The number of likely N-dealkylation sites (N-methyl/N-ethyl adjacent to an activating group) is 1. The number of halogens is 1. The van der Waals surface area contributed by atoms with E-state index in [1.165, 1.54) is 0 Å². The lowest BCUT2D eigenvalue weighted by molar-refractivity contribution is -0.132. The number of amides is 1. The van der Waals surface area contributed by atoms with Crippen LogP contribution in [0.15, 0.2) is 29.2 Å². The Balaban J connectivity index is 2.08. The number of nitrogens with one attached hydrogen (secondary N) is 1. The molecule has 1 N–H and O–H groups in total. The van der Waals surface area contributed by atoms with Gasteiger partial charge in [-0.25, -0.2) is 13.1 Å². The largest absolute Gasteiger partial charge is 0.344 e. The standard InChI is InChI=1S/C13H17BrN2O3S/c1-16-9-11(4-7-13(16)17)15-20(18,19)12-5-2-10(8-14)3-6-12/h2-3,5-6,11,15H,4,7-9H2,1H3. The van der Waals surface area contributed by atoms with E-state index in [1.807, 2.05) is 0 Å². The Labute approximate surface area is 127 Å². The van der Waals surface area contributed by atoms with Crippen molar-refractivity contribution in [3.8, 4) is 0 Å². The van der Waals surface area contributed by atoms with Crippen molar-refractivity contribution in [2.75, 3.05) is 13.6 Å². The predicted molar refractivity (Wildman–Crippen MR) is 80.1 cm³/mol. The predicted octanol–water partition coefficient (Wildman–Crippen LogP) is 1.48. The molecule has 1 aliphatic rings. The van der Waals surface area contributed by atoms with Crippen molar-refractivity contribution in [3.05, 3.63) is 29.8 Å². The van der Waals surface area contributed by atoms with Gasteiger partial charge in [-0.3, -0.25) is 4.79 Å². The van der Waals surface area contributed by atoms with E-state index < -0.39 is 10.0 Å². The molecule has 110 valence electrons. The van der Waals surface area contributed by atoms with Crippen molar-refractivity contribution in [2.45, 2.75) is 29.1 Å². The third-order valence-corrected chi connectivity index (χ3v) is 5.52. The Kier molecular flexibility index (Phi) is 4.82. The summed E-state index contributed by atoms with van der Waals surface area (Å²) in [5, 5.41) is 0.691. The summed E-state index contributed by atoms with van der Waals surface area (Å²) in [6.07, 6.45) is 0.925. The number of benzene rings is 1. The maximum Gasteiger partial charge on any atom is 0.240 e. The van der Waals surface area contributed by atoms with Crippen LogP contribution in [0, 0.1) is 0 Å². The van der Waals surface area contributed by atoms with Gasteiger partial charge in [0.2, 0.25) is 15.9 Å². The Morgan fingerprint density at radius 1 is 1.35 bits per heavy atom. The summed E-state index contributed by atoms with van der Waals surface area (Å²) >= 11 is 3.32. The first-order valence-electron chi connectivity index (χ1n) is 6.33. The second-order valence-corrected chi connectivity index (χ2v) is 7.18. The lowest BCUT2D eigenvalue weighted by atomic mass is 10.1. The van der Waals surface area contributed by atoms with Gasteiger partial charge in [-0.1, -0.05) is 28.1 Å². The zero-order chi connectivity index (χ0) is 14.8. The summed E-state index contributed by atoms with van der Waals surface area (Å²) in [5.74, 6) is 0.0575. The molecule has 0 saturated carbocycles. The molecule has 2 rings (SSSR count). The SMILES string of the molecule is CN1CC(NS(=O)(=O)c2ccc(CBr)cc2)CCC1=O. The summed E-state index contributed by atoms with van der Waals surface area (Å²) in [7, 11) is -1.84. The molecule has 0 aliphatic carbocycles. The molecule has 1 unspecified atom stereocenters. The molecule has 0 aromatic heterocycles. The number of sulfonamides is 1. The van der Waals surface area contributed by atoms with Crippen molar-refractivity contribution in [1.82, 2.24) is 9.62 Å². The first-order chi connectivity index (χ1) is 9.42. The van der Waals surface area contributed by atoms with Crippen LogP contribution in [0.5, 0.6) is 0 Å². The number of hydrogen-bond donors (Lipinski definition) is 1. The van der Waals surface area contributed by atoms with Crippen LogP contribution in [0.3, 0.4) is 0 Å². The van der Waals surface area contributed by atoms with E-state index in [-0.39, 0.29) is 16.8 Å². The van der Waals surface area contributed by atoms with E-state index >= 15 is 0 Å². The van der Waals surface area contributed by atoms with Crippen LogP contribution in [0.4, 0.5) is 0 Å². The van der Waals surface area contributed by atoms with E-state index in [9.17, 15) is 13.2 Å². The molecule has 0 bridgehead atoms. The normalized spacial score (nSPS) is 20.2. The molecule has 5 nitrogen and oxygen atoms in total. The monoisotopic (exact) mass is 360 g/mol. The number of rotatable bonds is 4. The lowest BCUT2D eigenvalue weighted by Crippen LogP contribution is -2.48. The minimum Gasteiger partial charge on any atom is -0.344 e. The Morgan fingerprint density at radius 3 is 2.55 bits per heavy atom. The molecule has 20 heavy (non-hydrogen) atoms. The molecule has 0 radical (unpaired) electrons. The highest BCUT2D eigenvalue weighted by molar-refractivity contribution is 9.08. The van der Waals surface area contributed by atoms with Gasteiger partial charge in [-0.2, -0.15) is 0 Å². The van der Waals surface area contributed by atoms with E-state index in [0.29, 0.717) is 24.7 Å². The molecule has 1 aromatic carbocycles. The third kappa shape index (κ3) is 3.59. The highest BCUT2D eigenvalue weighted by Gasteiger charge is 2.27. The number of carbonyl (C=O) groups is 1. The fraction of sp³-hybridized carbons (Fsp3) is 0.462. The van der Waals surface area contributed by atoms with Gasteiger partial charge in [0.25, 0.3) is 0 Å². The van der Waals surface area contributed by atoms with Crippen LogP contribution in [0.25, 0.3) is 0 Å². The quantitative estimate of drug-likeness (QED) is 0.827. The summed E-state index contributed by atoms with van der Waals surface area (Å²) in [5.41, 5.74) is 1.02. The maximum absolute atomic E-state index is 12.3. The van der Waals surface area contributed by atoms with Crippen LogP contribution in [-0.4, -0.2) is 38.9 Å². The van der Waals surface area contributed by atoms with E-state index in [0.717, 1.165) is 5.56 Å². The molecule has 7 heteroatoms. The smallest absolute Gasteiger partial charge is 0.240 e. The average molecular weight is 361 g/mol. The number of carbonyl (C=O) groups excluding carboxylic acids is 1. The first-order valence-corrected chi connectivity index (χ1v) is 8.94. The van der Waals surface area contributed by atoms with Crippen molar-refractivity contribution < 1.29 is 13.2 Å². The average Bonchev–Trinajstić information content (AvgIpc) is 2.43. The fourth-order valence-corrected chi connectivity index (χ4v) is 3.79. The van der Waals surface area contributed by atoms with Gasteiger partial charge in [0.15, 0.2) is 0 Å². The van der Waals surface area contributed by atoms with Gasteiger partial charge in [0, 0.05) is 31.4 Å². The van der Waals surface area contributed by atoms with E-state index in [1.54, 1.807) is 36.2 Å².